The van der Waals surface area contributed by atoms with Crippen molar-refractivity contribution in [3.63, 3.8) is 0 Å². The van der Waals surface area contributed by atoms with E-state index in [4.69, 9.17) is 12.2 Å². The number of hydrogen-bond donors (Lipinski definition) is 2. The molecule has 1 aromatic rings. The fourth-order valence-corrected chi connectivity index (χ4v) is 2.61. The Morgan fingerprint density at radius 3 is 2.72 bits per heavy atom. The molecular weight excluding hydrogens is 247 g/mol. The molecule has 1 saturated carbocycles. The molecule has 2 nitrogen and oxygen atoms in total. The molecule has 0 amide bonds. The summed E-state index contributed by atoms with van der Waals surface area (Å²) in [5.41, 5.74) is 1.34. The van der Waals surface area contributed by atoms with Gasteiger partial charge in [-0.15, -0.1) is 0 Å². The molecule has 0 radical (unpaired) electrons. The van der Waals surface area contributed by atoms with Crippen LogP contribution in [0.1, 0.15) is 37.7 Å². The minimum Gasteiger partial charge on any atom is -0.360 e. The monoisotopic (exact) mass is 266 g/mol. The zero-order valence-corrected chi connectivity index (χ0v) is 11.4. The smallest absolute Gasteiger partial charge is 0.171 e. The van der Waals surface area contributed by atoms with E-state index in [2.05, 4.69) is 10.6 Å². The number of hydrogen-bond acceptors (Lipinski definition) is 1. The number of benzene rings is 1. The Morgan fingerprint density at radius 2 is 2.00 bits per heavy atom. The van der Waals surface area contributed by atoms with E-state index in [9.17, 15) is 4.39 Å². The minimum atomic E-state index is -0.208. The highest BCUT2D eigenvalue weighted by Crippen LogP contribution is 2.19. The van der Waals surface area contributed by atoms with Crippen molar-refractivity contribution in [2.24, 2.45) is 0 Å². The van der Waals surface area contributed by atoms with Gasteiger partial charge in [-0.25, -0.2) is 4.39 Å². The van der Waals surface area contributed by atoms with Crippen LogP contribution in [0.5, 0.6) is 0 Å². The number of nitrogens with one attached hydrogen (secondary N) is 2. The minimum absolute atomic E-state index is 0.208. The highest BCUT2D eigenvalue weighted by molar-refractivity contribution is 7.80. The molecule has 0 atom stereocenters. The van der Waals surface area contributed by atoms with Crippen molar-refractivity contribution >= 4 is 23.0 Å². The van der Waals surface area contributed by atoms with Crippen molar-refractivity contribution < 1.29 is 4.39 Å². The van der Waals surface area contributed by atoms with Crippen LogP contribution in [0.4, 0.5) is 10.1 Å². The molecule has 0 unspecified atom stereocenters. The van der Waals surface area contributed by atoms with Crippen LogP contribution in [0.3, 0.4) is 0 Å². The van der Waals surface area contributed by atoms with E-state index in [0.717, 1.165) is 5.69 Å². The molecule has 0 heterocycles. The van der Waals surface area contributed by atoms with Crippen molar-refractivity contribution in [3.05, 3.63) is 29.6 Å². The third kappa shape index (κ3) is 3.42. The summed E-state index contributed by atoms with van der Waals surface area (Å²) in [5.74, 6) is -0.208. The van der Waals surface area contributed by atoms with Crippen LogP contribution >= 0.6 is 12.2 Å². The van der Waals surface area contributed by atoms with Crippen LogP contribution in [-0.2, 0) is 0 Å². The van der Waals surface area contributed by atoms with Crippen molar-refractivity contribution in [2.75, 3.05) is 5.32 Å². The average Bonchev–Trinajstić information content (AvgIpc) is 2.36. The number of rotatable bonds is 2. The van der Waals surface area contributed by atoms with Gasteiger partial charge in [0, 0.05) is 17.3 Å². The second-order valence-corrected chi connectivity index (χ2v) is 5.25. The number of anilines is 1. The largest absolute Gasteiger partial charge is 0.360 e. The summed E-state index contributed by atoms with van der Waals surface area (Å²) in [6.07, 6.45) is 6.19. The molecule has 98 valence electrons. The first-order chi connectivity index (χ1) is 8.66. The van der Waals surface area contributed by atoms with Gasteiger partial charge in [0.2, 0.25) is 0 Å². The maximum atomic E-state index is 13.4. The third-order valence-electron chi connectivity index (χ3n) is 3.46. The van der Waals surface area contributed by atoms with Crippen LogP contribution in [0.25, 0.3) is 0 Å². The lowest BCUT2D eigenvalue weighted by Gasteiger charge is -2.24. The predicted octanol–water partition coefficient (Wildman–Crippen LogP) is 3.75. The Labute approximate surface area is 113 Å². The normalized spacial score (nSPS) is 16.3. The highest BCUT2D eigenvalue weighted by atomic mass is 32.1. The van der Waals surface area contributed by atoms with Gasteiger partial charge in [0.05, 0.1) is 0 Å². The summed E-state index contributed by atoms with van der Waals surface area (Å²) < 4.78 is 13.4. The molecule has 4 heteroatoms. The first-order valence-electron chi connectivity index (χ1n) is 6.49. The Bertz CT molecular complexity index is 428. The first kappa shape index (κ1) is 13.3. The van der Waals surface area contributed by atoms with Gasteiger partial charge in [-0.2, -0.15) is 0 Å². The zero-order chi connectivity index (χ0) is 13.0. The molecule has 1 aliphatic rings. The summed E-state index contributed by atoms with van der Waals surface area (Å²) >= 11 is 5.28. The molecular formula is C14H19FN2S. The molecule has 0 saturated heterocycles. The van der Waals surface area contributed by atoms with E-state index in [-0.39, 0.29) is 5.82 Å². The van der Waals surface area contributed by atoms with Gasteiger partial charge >= 0.3 is 0 Å². The molecule has 1 aromatic carbocycles. The standard InChI is InChI=1S/C14H19FN2S/c1-10-12(15)8-5-9-13(10)17-14(18)16-11-6-3-2-4-7-11/h5,8-9,11H,2-4,6-7H2,1H3,(H2,16,17,18). The van der Waals surface area contributed by atoms with Crippen LogP contribution in [0, 0.1) is 12.7 Å². The topological polar surface area (TPSA) is 24.1 Å². The van der Waals surface area contributed by atoms with Gasteiger partial charge in [0.1, 0.15) is 5.82 Å². The van der Waals surface area contributed by atoms with E-state index in [1.807, 2.05) is 6.07 Å². The summed E-state index contributed by atoms with van der Waals surface area (Å²) in [6, 6.07) is 5.45. The van der Waals surface area contributed by atoms with Gasteiger partial charge in [-0.05, 0) is 44.1 Å². The molecule has 18 heavy (non-hydrogen) atoms. The maximum absolute atomic E-state index is 13.4. The molecule has 0 aliphatic heterocycles. The SMILES string of the molecule is Cc1c(F)cccc1NC(=S)NC1CCCCC1. The van der Waals surface area contributed by atoms with E-state index in [1.54, 1.807) is 13.0 Å². The van der Waals surface area contributed by atoms with Gasteiger partial charge in [-0.3, -0.25) is 0 Å². The van der Waals surface area contributed by atoms with E-state index in [0.29, 0.717) is 16.7 Å². The lowest BCUT2D eigenvalue weighted by Crippen LogP contribution is -2.38. The van der Waals surface area contributed by atoms with Crippen LogP contribution in [0.15, 0.2) is 18.2 Å². The van der Waals surface area contributed by atoms with E-state index < -0.39 is 0 Å². The van der Waals surface area contributed by atoms with Gasteiger partial charge in [0.25, 0.3) is 0 Å². The van der Waals surface area contributed by atoms with Gasteiger partial charge in [-0.1, -0.05) is 25.3 Å². The maximum Gasteiger partial charge on any atom is 0.171 e. The second-order valence-electron chi connectivity index (χ2n) is 4.85. The third-order valence-corrected chi connectivity index (χ3v) is 3.68. The Balaban J connectivity index is 1.92. The van der Waals surface area contributed by atoms with Crippen molar-refractivity contribution in [3.8, 4) is 0 Å². The molecule has 0 aromatic heterocycles. The molecule has 1 fully saturated rings. The Morgan fingerprint density at radius 1 is 1.28 bits per heavy atom. The molecule has 2 N–H and O–H groups in total. The van der Waals surface area contributed by atoms with E-state index in [1.165, 1.54) is 38.2 Å². The highest BCUT2D eigenvalue weighted by Gasteiger charge is 2.14. The number of halogens is 1. The van der Waals surface area contributed by atoms with Crippen molar-refractivity contribution in [1.82, 2.24) is 5.32 Å². The summed E-state index contributed by atoms with van der Waals surface area (Å²) in [7, 11) is 0. The quantitative estimate of drug-likeness (QED) is 0.797. The fraction of sp³-hybridized carbons (Fsp3) is 0.500. The average molecular weight is 266 g/mol. The van der Waals surface area contributed by atoms with Crippen molar-refractivity contribution in [1.29, 1.82) is 0 Å². The second kappa shape index (κ2) is 6.14. The number of thiocarbonyl (C=S) groups is 1. The van der Waals surface area contributed by atoms with Crippen LogP contribution in [0.2, 0.25) is 0 Å². The Hall–Kier alpha value is -1.16. The zero-order valence-electron chi connectivity index (χ0n) is 10.6. The summed E-state index contributed by atoms with van der Waals surface area (Å²) in [5, 5.41) is 6.98. The molecule has 0 bridgehead atoms. The Kier molecular flexibility index (Phi) is 4.53. The first-order valence-corrected chi connectivity index (χ1v) is 6.90. The van der Waals surface area contributed by atoms with E-state index >= 15 is 0 Å². The predicted molar refractivity (Wildman–Crippen MR) is 77.4 cm³/mol. The summed E-state index contributed by atoms with van der Waals surface area (Å²) in [6.45, 7) is 1.75. The lowest BCUT2D eigenvalue weighted by atomic mass is 9.96. The van der Waals surface area contributed by atoms with Crippen molar-refractivity contribution in [2.45, 2.75) is 45.1 Å². The summed E-state index contributed by atoms with van der Waals surface area (Å²) in [4.78, 5) is 0. The molecule has 2 rings (SSSR count). The lowest BCUT2D eigenvalue weighted by molar-refractivity contribution is 0.415. The van der Waals surface area contributed by atoms with Gasteiger partial charge < -0.3 is 10.6 Å². The molecule has 1 aliphatic carbocycles. The van der Waals surface area contributed by atoms with Crippen LogP contribution < -0.4 is 10.6 Å². The fourth-order valence-electron chi connectivity index (χ4n) is 2.33. The van der Waals surface area contributed by atoms with Crippen LogP contribution in [-0.4, -0.2) is 11.2 Å². The van der Waals surface area contributed by atoms with Gasteiger partial charge in [0.15, 0.2) is 5.11 Å². The molecule has 0 spiro atoms.